The number of thiazole rings is 1. The summed E-state index contributed by atoms with van der Waals surface area (Å²) >= 11 is 1.62. The number of nitrogens with zero attached hydrogens (tertiary/aromatic N) is 1. The Labute approximate surface area is 168 Å². The first-order valence-corrected chi connectivity index (χ1v) is 9.98. The zero-order chi connectivity index (χ0) is 19.5. The quantitative estimate of drug-likeness (QED) is 0.446. The third-order valence-electron chi connectivity index (χ3n) is 4.58. The third-order valence-corrected chi connectivity index (χ3v) is 5.47. The topological polar surface area (TPSA) is 42.0 Å². The van der Waals surface area contributed by atoms with Crippen LogP contribution in [0.5, 0.6) is 0 Å². The molecule has 1 amide bonds. The van der Waals surface area contributed by atoms with Crippen LogP contribution in [0.25, 0.3) is 21.8 Å². The largest absolute Gasteiger partial charge is 0.322 e. The van der Waals surface area contributed by atoms with Gasteiger partial charge in [0, 0.05) is 27.8 Å². The minimum Gasteiger partial charge on any atom is -0.322 e. The highest BCUT2D eigenvalue weighted by atomic mass is 32.1. The molecule has 0 aliphatic rings. The lowest BCUT2D eigenvalue weighted by Crippen LogP contribution is -2.13. The molecule has 0 unspecified atom stereocenters. The number of amides is 1. The van der Waals surface area contributed by atoms with Gasteiger partial charge in [-0.25, -0.2) is 4.98 Å². The third kappa shape index (κ3) is 3.87. The Morgan fingerprint density at radius 3 is 2.50 bits per heavy atom. The van der Waals surface area contributed by atoms with E-state index in [0.717, 1.165) is 38.6 Å². The smallest absolute Gasteiger partial charge is 0.255 e. The summed E-state index contributed by atoms with van der Waals surface area (Å²) in [6.07, 6.45) is 0. The van der Waals surface area contributed by atoms with E-state index in [9.17, 15) is 4.79 Å². The molecule has 0 saturated heterocycles. The fourth-order valence-electron chi connectivity index (χ4n) is 3.05. The number of carbonyl (C=O) groups is 1. The molecule has 4 aromatic rings. The first-order valence-electron chi connectivity index (χ1n) is 9.10. The highest BCUT2D eigenvalue weighted by molar-refractivity contribution is 7.13. The second kappa shape index (κ2) is 7.79. The van der Waals surface area contributed by atoms with Crippen LogP contribution in [0.4, 0.5) is 5.69 Å². The number of aromatic nitrogens is 1. The second-order valence-corrected chi connectivity index (χ2v) is 7.62. The first-order chi connectivity index (χ1) is 13.6. The summed E-state index contributed by atoms with van der Waals surface area (Å²) in [5.41, 5.74) is 6.50. The molecule has 3 aromatic carbocycles. The molecule has 0 spiro atoms. The minimum absolute atomic E-state index is 0.0957. The number of nitrogens with one attached hydrogen (secondary N) is 1. The summed E-state index contributed by atoms with van der Waals surface area (Å²) < 4.78 is 0. The number of hydrogen-bond donors (Lipinski definition) is 1. The van der Waals surface area contributed by atoms with Gasteiger partial charge in [-0.3, -0.25) is 4.79 Å². The van der Waals surface area contributed by atoms with E-state index in [4.69, 9.17) is 4.98 Å². The summed E-state index contributed by atoms with van der Waals surface area (Å²) in [5.74, 6) is -0.0957. The number of anilines is 1. The molecule has 0 fully saturated rings. The van der Waals surface area contributed by atoms with Crippen molar-refractivity contribution in [3.8, 4) is 21.8 Å². The van der Waals surface area contributed by atoms with Gasteiger partial charge < -0.3 is 5.32 Å². The molecule has 1 heterocycles. The van der Waals surface area contributed by atoms with E-state index < -0.39 is 0 Å². The van der Waals surface area contributed by atoms with Gasteiger partial charge in [0.2, 0.25) is 0 Å². The summed E-state index contributed by atoms with van der Waals surface area (Å²) in [6.45, 7) is 3.94. The van der Waals surface area contributed by atoms with Crippen LogP contribution in [-0.4, -0.2) is 10.9 Å². The summed E-state index contributed by atoms with van der Waals surface area (Å²) in [6, 6.07) is 23.9. The van der Waals surface area contributed by atoms with Crippen molar-refractivity contribution in [2.45, 2.75) is 13.8 Å². The lowest BCUT2D eigenvalue weighted by atomic mass is 10.0. The van der Waals surface area contributed by atoms with Crippen molar-refractivity contribution in [1.29, 1.82) is 0 Å². The van der Waals surface area contributed by atoms with Gasteiger partial charge in [0.1, 0.15) is 5.01 Å². The van der Waals surface area contributed by atoms with E-state index in [0.29, 0.717) is 5.56 Å². The Bertz CT molecular complexity index is 1130. The molecule has 0 radical (unpaired) electrons. The molecule has 0 atom stereocenters. The Morgan fingerprint density at radius 1 is 0.893 bits per heavy atom. The lowest BCUT2D eigenvalue weighted by molar-refractivity contribution is 0.102. The molecule has 4 rings (SSSR count). The number of carbonyl (C=O) groups excluding carboxylic acids is 1. The second-order valence-electron chi connectivity index (χ2n) is 6.76. The van der Waals surface area contributed by atoms with Gasteiger partial charge >= 0.3 is 0 Å². The zero-order valence-corrected chi connectivity index (χ0v) is 16.6. The molecule has 1 aromatic heterocycles. The van der Waals surface area contributed by atoms with Crippen molar-refractivity contribution in [1.82, 2.24) is 4.98 Å². The molecule has 4 heteroatoms. The van der Waals surface area contributed by atoms with Crippen LogP contribution in [0, 0.1) is 13.8 Å². The van der Waals surface area contributed by atoms with Crippen molar-refractivity contribution >= 4 is 22.9 Å². The first kappa shape index (κ1) is 18.1. The number of rotatable bonds is 4. The molecule has 0 bridgehead atoms. The van der Waals surface area contributed by atoms with Gasteiger partial charge in [-0.1, -0.05) is 60.2 Å². The molecule has 28 heavy (non-hydrogen) atoms. The number of hydrogen-bond acceptors (Lipinski definition) is 3. The highest BCUT2D eigenvalue weighted by Gasteiger charge is 2.11. The predicted molar refractivity (Wildman–Crippen MR) is 117 cm³/mol. The molecular weight excluding hydrogens is 364 g/mol. The molecule has 1 N–H and O–H groups in total. The fourth-order valence-corrected chi connectivity index (χ4v) is 3.89. The predicted octanol–water partition coefficient (Wildman–Crippen LogP) is 6.35. The van der Waals surface area contributed by atoms with Crippen molar-refractivity contribution in [2.24, 2.45) is 0 Å². The van der Waals surface area contributed by atoms with Gasteiger partial charge in [0.25, 0.3) is 5.91 Å². The Hall–Kier alpha value is -3.24. The average Bonchev–Trinajstić information content (AvgIpc) is 3.21. The van der Waals surface area contributed by atoms with E-state index in [1.807, 2.05) is 79.9 Å². The summed E-state index contributed by atoms with van der Waals surface area (Å²) in [7, 11) is 0. The van der Waals surface area contributed by atoms with E-state index in [1.54, 1.807) is 11.3 Å². The lowest BCUT2D eigenvalue weighted by Gasteiger charge is -2.09. The van der Waals surface area contributed by atoms with Gasteiger partial charge in [-0.2, -0.15) is 0 Å². The highest BCUT2D eigenvalue weighted by Crippen LogP contribution is 2.30. The van der Waals surface area contributed by atoms with Gasteiger partial charge in [0.05, 0.1) is 5.69 Å². The van der Waals surface area contributed by atoms with Crippen LogP contribution in [-0.2, 0) is 0 Å². The summed E-state index contributed by atoms with van der Waals surface area (Å²) in [5, 5.41) is 6.05. The van der Waals surface area contributed by atoms with Crippen LogP contribution in [0.2, 0.25) is 0 Å². The van der Waals surface area contributed by atoms with E-state index in [1.165, 1.54) is 0 Å². The molecule has 138 valence electrons. The molecule has 3 nitrogen and oxygen atoms in total. The zero-order valence-electron chi connectivity index (χ0n) is 15.8. The van der Waals surface area contributed by atoms with Crippen LogP contribution in [0.3, 0.4) is 0 Å². The van der Waals surface area contributed by atoms with E-state index in [2.05, 4.69) is 17.4 Å². The monoisotopic (exact) mass is 384 g/mol. The maximum Gasteiger partial charge on any atom is 0.255 e. The molecular formula is C24H20N2OS. The number of aryl methyl sites for hydroxylation is 2. The van der Waals surface area contributed by atoms with Crippen LogP contribution < -0.4 is 5.32 Å². The van der Waals surface area contributed by atoms with Crippen LogP contribution in [0.15, 0.2) is 78.2 Å². The Morgan fingerprint density at radius 2 is 1.68 bits per heavy atom. The minimum atomic E-state index is -0.0957. The molecule has 0 saturated carbocycles. The normalized spacial score (nSPS) is 10.6. The van der Waals surface area contributed by atoms with Gasteiger partial charge in [-0.05, 0) is 37.6 Å². The number of benzene rings is 3. The standard InChI is InChI=1S/C24H20N2OS/c1-16-11-12-17(2)21(13-16)23(27)25-20-10-6-9-19(14-20)22-15-28-24(26-22)18-7-4-3-5-8-18/h3-15H,1-2H3,(H,25,27). The Balaban J connectivity index is 1.58. The molecule has 0 aliphatic carbocycles. The van der Waals surface area contributed by atoms with Crippen LogP contribution >= 0.6 is 11.3 Å². The average molecular weight is 385 g/mol. The van der Waals surface area contributed by atoms with Crippen molar-refractivity contribution in [2.75, 3.05) is 5.32 Å². The van der Waals surface area contributed by atoms with E-state index >= 15 is 0 Å². The van der Waals surface area contributed by atoms with Crippen molar-refractivity contribution < 1.29 is 4.79 Å². The molecule has 0 aliphatic heterocycles. The van der Waals surface area contributed by atoms with E-state index in [-0.39, 0.29) is 5.91 Å². The maximum atomic E-state index is 12.7. The Kier molecular flexibility index (Phi) is 5.04. The van der Waals surface area contributed by atoms with Crippen molar-refractivity contribution in [3.05, 3.63) is 94.9 Å². The van der Waals surface area contributed by atoms with Crippen molar-refractivity contribution in [3.63, 3.8) is 0 Å². The maximum absolute atomic E-state index is 12.7. The summed E-state index contributed by atoms with van der Waals surface area (Å²) in [4.78, 5) is 17.5. The fraction of sp³-hybridized carbons (Fsp3) is 0.0833. The van der Waals surface area contributed by atoms with Gasteiger partial charge in [-0.15, -0.1) is 11.3 Å². The van der Waals surface area contributed by atoms with Gasteiger partial charge in [0.15, 0.2) is 0 Å². The van der Waals surface area contributed by atoms with Crippen LogP contribution in [0.1, 0.15) is 21.5 Å². The SMILES string of the molecule is Cc1ccc(C)c(C(=O)Nc2cccc(-c3csc(-c4ccccc4)n3)c2)c1.